The maximum Gasteiger partial charge on any atom is 0.306 e. The summed E-state index contributed by atoms with van der Waals surface area (Å²) in [4.78, 5) is 62.2. The molecule has 13 heteroatoms. The Hall–Kier alpha value is -3.87. The lowest BCUT2D eigenvalue weighted by atomic mass is 9.85. The van der Waals surface area contributed by atoms with Crippen molar-refractivity contribution in [1.82, 2.24) is 14.6 Å². The summed E-state index contributed by atoms with van der Waals surface area (Å²) in [6.45, 7) is 2.37. The van der Waals surface area contributed by atoms with Gasteiger partial charge < -0.3 is 14.4 Å². The fraction of sp³-hybridized carbons (Fsp3) is 0.615. The van der Waals surface area contributed by atoms with Crippen LogP contribution in [0.4, 0.5) is 4.39 Å². The van der Waals surface area contributed by atoms with E-state index in [4.69, 9.17) is 14.5 Å². The summed E-state index contributed by atoms with van der Waals surface area (Å²) in [5.74, 6) is -2.55. The molecule has 5 aliphatic rings. The molecule has 0 radical (unpaired) electrons. The number of rotatable bonds is 7. The number of carbonyl (C=O) groups excluding carboxylic acids is 4. The first kappa shape index (κ1) is 36.5. The highest BCUT2D eigenvalue weighted by molar-refractivity contribution is 7.91. The molecule has 0 bridgehead atoms. The molecule has 2 saturated carbocycles. The Morgan fingerprint density at radius 3 is 2.67 bits per heavy atom. The van der Waals surface area contributed by atoms with Crippen LogP contribution in [-0.4, -0.2) is 78.1 Å². The second kappa shape index (κ2) is 13.8. The fourth-order valence-electron chi connectivity index (χ4n) is 8.53. The zero-order valence-electron chi connectivity index (χ0n) is 30.0. The minimum atomic E-state index is -3.95. The van der Waals surface area contributed by atoms with Crippen LogP contribution in [-0.2, 0) is 40.4 Å². The summed E-state index contributed by atoms with van der Waals surface area (Å²) in [6, 6.07) is 6.89. The number of ether oxygens (including phenoxy) is 2. The number of esters is 1. The molecule has 1 N–H and O–H groups in total. The third-order valence-electron chi connectivity index (χ3n) is 12.1. The number of Topliss-reactive ketones (excluding diaryl/α,β-unsaturated/α-hetero) is 1. The standard InChI is InChI=1S/C39H48FN3O8S/c1-25-34-29(28-12-8-9-13-30(28)41-25)14-15-38(51-34)22-31-32(44)23-39(36(47)42-52(48,49)37(2)16-17-37)21-27(39)11-7-5-3-4-6-10-26(35(46)43(31)24-38)20-33(45)50-19-18-40/h7-9,11-13,26-27,31H,3-6,10,14-24H2,1-2H3,(H,42,47)/b11-7-/t26-,27-,31+,38-,39-/m1/s1. The number of para-hydroxylation sites is 1. The number of nitrogens with zero attached hydrogens (tertiary/aromatic N) is 2. The number of halogens is 1. The van der Waals surface area contributed by atoms with Gasteiger partial charge in [-0.15, -0.1) is 0 Å². The van der Waals surface area contributed by atoms with Crippen molar-refractivity contribution >= 4 is 44.5 Å². The topological polar surface area (TPSA) is 149 Å². The largest absolute Gasteiger partial charge is 0.483 e. The molecule has 3 aliphatic heterocycles. The van der Waals surface area contributed by atoms with Gasteiger partial charge in [-0.2, -0.15) is 0 Å². The summed E-state index contributed by atoms with van der Waals surface area (Å²) in [6.07, 6.45) is 9.39. The van der Waals surface area contributed by atoms with Gasteiger partial charge in [0, 0.05) is 29.7 Å². The van der Waals surface area contributed by atoms with Gasteiger partial charge in [-0.1, -0.05) is 43.2 Å². The lowest BCUT2D eigenvalue weighted by Crippen LogP contribution is -2.48. The van der Waals surface area contributed by atoms with Crippen molar-refractivity contribution in [3.8, 4) is 5.75 Å². The van der Waals surface area contributed by atoms with Crippen LogP contribution in [0.2, 0.25) is 0 Å². The quantitative estimate of drug-likeness (QED) is 0.299. The highest BCUT2D eigenvalue weighted by Crippen LogP contribution is 2.58. The predicted molar refractivity (Wildman–Crippen MR) is 190 cm³/mol. The number of sulfonamides is 1. The molecule has 0 unspecified atom stereocenters. The predicted octanol–water partition coefficient (Wildman–Crippen LogP) is 5.21. The number of hydrogen-bond acceptors (Lipinski definition) is 9. The number of ketones is 1. The molecule has 3 fully saturated rings. The van der Waals surface area contributed by atoms with Gasteiger partial charge in [0.2, 0.25) is 21.8 Å². The van der Waals surface area contributed by atoms with Crippen molar-refractivity contribution in [1.29, 1.82) is 0 Å². The SMILES string of the molecule is Cc1nc2ccccc2c2c1O[C@]1(CC2)C[C@H]2C(=O)C[C@]3(C(=O)NS(=O)(=O)C4(C)CC4)C[C@H]3/C=C\CCCCC[C@H](CC(=O)OCCF)C(=O)N2C1. The fourth-order valence-corrected chi connectivity index (χ4v) is 9.86. The number of fused-ring (bicyclic) bond motifs is 5. The molecule has 7 rings (SSSR count). The third kappa shape index (κ3) is 6.85. The average Bonchev–Trinajstić information content (AvgIpc) is 4.01. The van der Waals surface area contributed by atoms with E-state index < -0.39 is 62.9 Å². The number of carbonyl (C=O) groups is 4. The highest BCUT2D eigenvalue weighted by Gasteiger charge is 2.63. The minimum Gasteiger partial charge on any atom is -0.483 e. The van der Waals surface area contributed by atoms with Gasteiger partial charge in [0.25, 0.3) is 0 Å². The smallest absolute Gasteiger partial charge is 0.306 e. The van der Waals surface area contributed by atoms with Crippen molar-refractivity contribution in [2.75, 3.05) is 19.8 Å². The van der Waals surface area contributed by atoms with E-state index in [9.17, 15) is 32.0 Å². The molecule has 1 saturated heterocycles. The molecule has 1 aromatic carbocycles. The summed E-state index contributed by atoms with van der Waals surface area (Å²) in [5, 5.41) is 0.987. The van der Waals surface area contributed by atoms with Crippen LogP contribution in [0, 0.1) is 24.2 Å². The summed E-state index contributed by atoms with van der Waals surface area (Å²) >= 11 is 0. The van der Waals surface area contributed by atoms with Crippen LogP contribution >= 0.6 is 0 Å². The Kier molecular flexibility index (Phi) is 9.71. The van der Waals surface area contributed by atoms with E-state index in [2.05, 4.69) is 4.72 Å². The van der Waals surface area contributed by atoms with Crippen molar-refractivity contribution < 1.29 is 41.5 Å². The van der Waals surface area contributed by atoms with E-state index in [1.807, 2.05) is 43.3 Å². The van der Waals surface area contributed by atoms with Crippen LogP contribution in [0.5, 0.6) is 5.75 Å². The first-order chi connectivity index (χ1) is 24.8. The number of aryl methyl sites for hydroxylation is 2. The van der Waals surface area contributed by atoms with Gasteiger partial charge in [-0.05, 0) is 77.2 Å². The second-order valence-corrected chi connectivity index (χ2v) is 18.1. The molecular formula is C39H48FN3O8S. The Bertz CT molecular complexity index is 1930. The molecule has 2 aromatic rings. The number of hydrogen-bond donors (Lipinski definition) is 1. The Morgan fingerprint density at radius 2 is 1.90 bits per heavy atom. The molecule has 1 aromatic heterocycles. The number of alkyl halides is 1. The Labute approximate surface area is 304 Å². The van der Waals surface area contributed by atoms with E-state index in [1.165, 1.54) is 4.90 Å². The Balaban J connectivity index is 1.22. The minimum absolute atomic E-state index is 0.0965. The van der Waals surface area contributed by atoms with Gasteiger partial charge in [0.05, 0.1) is 40.4 Å². The second-order valence-electron chi connectivity index (χ2n) is 15.9. The van der Waals surface area contributed by atoms with Crippen molar-refractivity contribution in [3.63, 3.8) is 0 Å². The van der Waals surface area contributed by atoms with E-state index >= 15 is 0 Å². The van der Waals surface area contributed by atoms with E-state index in [1.54, 1.807) is 6.92 Å². The average molecular weight is 738 g/mol. The summed E-state index contributed by atoms with van der Waals surface area (Å²) in [7, 11) is -3.95. The number of nitrogens with one attached hydrogen (secondary N) is 1. The van der Waals surface area contributed by atoms with Gasteiger partial charge in [0.1, 0.15) is 24.6 Å². The molecule has 280 valence electrons. The molecule has 52 heavy (non-hydrogen) atoms. The lowest BCUT2D eigenvalue weighted by Gasteiger charge is -2.36. The number of benzene rings is 1. The molecule has 2 aliphatic carbocycles. The molecule has 5 atom stereocenters. The monoisotopic (exact) mass is 737 g/mol. The normalized spacial score (nSPS) is 30.6. The maximum atomic E-state index is 14.6. The van der Waals surface area contributed by atoms with Crippen LogP contribution in [0.25, 0.3) is 10.9 Å². The lowest BCUT2D eigenvalue weighted by molar-refractivity contribution is -0.150. The van der Waals surface area contributed by atoms with Crippen molar-refractivity contribution in [3.05, 3.63) is 47.7 Å². The van der Waals surface area contributed by atoms with Gasteiger partial charge in [-0.25, -0.2) is 17.8 Å². The van der Waals surface area contributed by atoms with Crippen LogP contribution in [0.15, 0.2) is 36.4 Å². The van der Waals surface area contributed by atoms with Crippen molar-refractivity contribution in [2.24, 2.45) is 17.3 Å². The van der Waals surface area contributed by atoms with E-state index in [0.29, 0.717) is 56.4 Å². The highest BCUT2D eigenvalue weighted by atomic mass is 32.2. The summed E-state index contributed by atoms with van der Waals surface area (Å²) < 4.78 is 52.4. The number of aromatic nitrogens is 1. The molecule has 4 heterocycles. The molecule has 1 spiro atoms. The zero-order valence-corrected chi connectivity index (χ0v) is 30.8. The van der Waals surface area contributed by atoms with Gasteiger partial charge >= 0.3 is 5.97 Å². The van der Waals surface area contributed by atoms with Gasteiger partial charge in [-0.3, -0.25) is 23.9 Å². The van der Waals surface area contributed by atoms with Crippen LogP contribution < -0.4 is 9.46 Å². The van der Waals surface area contributed by atoms with Crippen LogP contribution in [0.1, 0.15) is 95.2 Å². The van der Waals surface area contributed by atoms with Crippen LogP contribution in [0.3, 0.4) is 0 Å². The first-order valence-electron chi connectivity index (χ1n) is 18.7. The van der Waals surface area contributed by atoms with Gasteiger partial charge in [0.15, 0.2) is 5.78 Å². The number of pyridine rings is 1. The molecule has 2 amide bonds. The third-order valence-corrected chi connectivity index (χ3v) is 14.3. The maximum absolute atomic E-state index is 14.6. The molecular weight excluding hydrogens is 690 g/mol. The molecule has 11 nitrogen and oxygen atoms in total. The zero-order chi connectivity index (χ0) is 36.9. The van der Waals surface area contributed by atoms with Crippen molar-refractivity contribution in [2.45, 2.75) is 114 Å². The first-order valence-corrected chi connectivity index (χ1v) is 20.1. The number of allylic oxidation sites excluding steroid dienone is 2. The van der Waals surface area contributed by atoms with E-state index in [-0.39, 0.29) is 43.4 Å². The van der Waals surface area contributed by atoms with E-state index in [0.717, 1.165) is 35.7 Å². The Morgan fingerprint density at radius 1 is 1.12 bits per heavy atom. The summed E-state index contributed by atoms with van der Waals surface area (Å²) in [5.41, 5.74) is 0.408. The number of amides is 2.